The fraction of sp³-hybridized carbons (Fsp3) is 0.412. The molecular weight excluding hydrogens is 306 g/mol. The molecule has 7 heteroatoms. The van der Waals surface area contributed by atoms with Crippen molar-refractivity contribution in [2.45, 2.75) is 39.5 Å². The van der Waals surface area contributed by atoms with E-state index >= 15 is 0 Å². The number of anilines is 1. The van der Waals surface area contributed by atoms with Crippen molar-refractivity contribution in [3.8, 4) is 0 Å². The first kappa shape index (κ1) is 17.7. The molecule has 0 saturated carbocycles. The Bertz CT molecular complexity index is 726. The molecule has 0 spiro atoms. The number of nitrogens with zero attached hydrogens (tertiary/aromatic N) is 3. The largest absolute Gasteiger partial charge is 0.323 e. The first-order chi connectivity index (χ1) is 11.3. The first-order valence-electron chi connectivity index (χ1n) is 7.93. The molecule has 0 saturated heterocycles. The second-order valence-corrected chi connectivity index (χ2v) is 6.58. The van der Waals surface area contributed by atoms with Gasteiger partial charge in [0, 0.05) is 41.4 Å². The van der Waals surface area contributed by atoms with Crippen LogP contribution in [0, 0.1) is 10.1 Å². The summed E-state index contributed by atoms with van der Waals surface area (Å²) < 4.78 is 0. The summed E-state index contributed by atoms with van der Waals surface area (Å²) in [6, 6.07) is 8.29. The van der Waals surface area contributed by atoms with Gasteiger partial charge in [-0.1, -0.05) is 27.7 Å². The molecule has 2 rings (SSSR count). The Hall–Kier alpha value is -2.70. The molecule has 1 aromatic carbocycles. The Balaban J connectivity index is 2.26. The molecule has 2 aromatic rings. The van der Waals surface area contributed by atoms with Crippen LogP contribution in [0.15, 0.2) is 35.3 Å². The lowest BCUT2D eigenvalue weighted by Crippen LogP contribution is -2.15. The first-order valence-corrected chi connectivity index (χ1v) is 7.93. The van der Waals surface area contributed by atoms with Crippen LogP contribution in [-0.4, -0.2) is 27.5 Å². The Morgan fingerprint density at radius 3 is 2.50 bits per heavy atom. The van der Waals surface area contributed by atoms with E-state index < -0.39 is 4.92 Å². The van der Waals surface area contributed by atoms with Crippen molar-refractivity contribution in [2.75, 3.05) is 11.9 Å². The highest BCUT2D eigenvalue weighted by atomic mass is 16.6. The van der Waals surface area contributed by atoms with Gasteiger partial charge in [0.05, 0.1) is 4.92 Å². The van der Waals surface area contributed by atoms with Gasteiger partial charge in [0.25, 0.3) is 5.69 Å². The van der Waals surface area contributed by atoms with Crippen LogP contribution < -0.4 is 5.32 Å². The molecule has 0 aliphatic heterocycles. The lowest BCUT2D eigenvalue weighted by atomic mass is 9.92. The number of non-ortho nitro benzene ring substituents is 1. The number of nitrogens with one attached hydrogen (secondary N) is 2. The minimum atomic E-state index is -0.413. The molecule has 128 valence electrons. The van der Waals surface area contributed by atoms with E-state index in [-0.39, 0.29) is 11.1 Å². The number of nitro benzene ring substituents is 1. The van der Waals surface area contributed by atoms with Crippen molar-refractivity contribution in [3.05, 3.63) is 51.7 Å². The summed E-state index contributed by atoms with van der Waals surface area (Å²) in [4.78, 5) is 14.9. The van der Waals surface area contributed by atoms with Gasteiger partial charge in [-0.15, -0.1) is 0 Å². The van der Waals surface area contributed by atoms with E-state index in [1.165, 1.54) is 12.1 Å². The van der Waals surface area contributed by atoms with E-state index in [0.29, 0.717) is 18.2 Å². The van der Waals surface area contributed by atoms with E-state index in [0.717, 1.165) is 17.7 Å². The summed E-state index contributed by atoms with van der Waals surface area (Å²) in [7, 11) is 0. The standard InChI is InChI=1S/C17H23N5O2/c1-5-10-18-16(12-6-8-13(9-7-12)22(23)24)19-15-11-14(20-21-15)17(2,3)4/h6-9,11H,5,10H2,1-4H3,(H2,18,19,20,21). The molecule has 0 atom stereocenters. The molecular formula is C17H23N5O2. The number of hydrogen-bond donors (Lipinski definition) is 2. The highest BCUT2D eigenvalue weighted by molar-refractivity contribution is 6.07. The molecule has 24 heavy (non-hydrogen) atoms. The number of H-pyrrole nitrogens is 1. The second kappa shape index (κ2) is 7.25. The van der Waals surface area contributed by atoms with Gasteiger partial charge in [0.15, 0.2) is 5.82 Å². The Labute approximate surface area is 141 Å². The van der Waals surface area contributed by atoms with Crippen LogP contribution in [0.1, 0.15) is 45.4 Å². The summed E-state index contributed by atoms with van der Waals surface area (Å²) in [6.45, 7) is 9.02. The normalized spacial score (nSPS) is 12.2. The number of nitro groups is 1. The molecule has 0 aliphatic rings. The van der Waals surface area contributed by atoms with Gasteiger partial charge in [-0.2, -0.15) is 5.10 Å². The fourth-order valence-electron chi connectivity index (χ4n) is 2.06. The van der Waals surface area contributed by atoms with Crippen LogP contribution >= 0.6 is 0 Å². The summed E-state index contributed by atoms with van der Waals surface area (Å²) in [5.41, 5.74) is 1.84. The third kappa shape index (κ3) is 4.41. The quantitative estimate of drug-likeness (QED) is 0.376. The molecule has 0 unspecified atom stereocenters. The van der Waals surface area contributed by atoms with Crippen molar-refractivity contribution >= 4 is 17.3 Å². The average Bonchev–Trinajstić information content (AvgIpc) is 3.00. The number of amidine groups is 1. The van der Waals surface area contributed by atoms with Crippen LogP contribution in [0.3, 0.4) is 0 Å². The van der Waals surface area contributed by atoms with Gasteiger partial charge in [-0.05, 0) is 18.6 Å². The molecule has 1 heterocycles. The number of aromatic amines is 1. The molecule has 0 aliphatic carbocycles. The smallest absolute Gasteiger partial charge is 0.269 e. The van der Waals surface area contributed by atoms with Crippen molar-refractivity contribution in [3.63, 3.8) is 0 Å². The van der Waals surface area contributed by atoms with E-state index in [9.17, 15) is 10.1 Å². The van der Waals surface area contributed by atoms with E-state index in [4.69, 9.17) is 0 Å². The van der Waals surface area contributed by atoms with Crippen LogP contribution in [0.4, 0.5) is 11.5 Å². The van der Waals surface area contributed by atoms with Crippen molar-refractivity contribution in [1.82, 2.24) is 10.2 Å². The monoisotopic (exact) mass is 329 g/mol. The second-order valence-electron chi connectivity index (χ2n) is 6.58. The van der Waals surface area contributed by atoms with Gasteiger partial charge in [0.2, 0.25) is 0 Å². The van der Waals surface area contributed by atoms with Crippen molar-refractivity contribution in [2.24, 2.45) is 4.99 Å². The third-order valence-electron chi connectivity index (χ3n) is 3.48. The summed E-state index contributed by atoms with van der Waals surface area (Å²) in [6.07, 6.45) is 0.909. The maximum Gasteiger partial charge on any atom is 0.269 e. The van der Waals surface area contributed by atoms with Gasteiger partial charge >= 0.3 is 0 Å². The Kier molecular flexibility index (Phi) is 5.33. The topological polar surface area (TPSA) is 96.2 Å². The minimum Gasteiger partial charge on any atom is -0.323 e. The molecule has 0 bridgehead atoms. The lowest BCUT2D eigenvalue weighted by Gasteiger charge is -2.14. The average molecular weight is 329 g/mol. The van der Waals surface area contributed by atoms with E-state index in [2.05, 4.69) is 41.3 Å². The van der Waals surface area contributed by atoms with Gasteiger partial charge < -0.3 is 5.32 Å². The SMILES string of the molecule is CCCN=C(Nc1cc(C(C)(C)C)[nH]n1)c1ccc([N+](=O)[O-])cc1. The maximum atomic E-state index is 10.8. The van der Waals surface area contributed by atoms with Gasteiger partial charge in [-0.3, -0.25) is 20.2 Å². The van der Waals surface area contributed by atoms with Crippen LogP contribution in [-0.2, 0) is 5.41 Å². The highest BCUT2D eigenvalue weighted by Crippen LogP contribution is 2.22. The number of aliphatic imine (C=N–C) groups is 1. The van der Waals surface area contributed by atoms with E-state index in [1.54, 1.807) is 12.1 Å². The van der Waals surface area contributed by atoms with Gasteiger partial charge in [-0.25, -0.2) is 0 Å². The number of hydrogen-bond acceptors (Lipinski definition) is 4. The Morgan fingerprint density at radius 1 is 1.33 bits per heavy atom. The molecule has 1 aromatic heterocycles. The highest BCUT2D eigenvalue weighted by Gasteiger charge is 2.17. The zero-order valence-corrected chi connectivity index (χ0v) is 14.5. The van der Waals surface area contributed by atoms with Crippen LogP contribution in [0.25, 0.3) is 0 Å². The number of aromatic nitrogens is 2. The summed E-state index contributed by atoms with van der Waals surface area (Å²) in [5, 5.41) is 21.3. The molecule has 2 N–H and O–H groups in total. The Morgan fingerprint density at radius 2 is 2.00 bits per heavy atom. The molecule has 0 fully saturated rings. The zero-order chi connectivity index (χ0) is 17.7. The number of rotatable bonds is 5. The third-order valence-corrected chi connectivity index (χ3v) is 3.48. The maximum absolute atomic E-state index is 10.8. The number of benzene rings is 1. The molecule has 0 amide bonds. The van der Waals surface area contributed by atoms with Crippen molar-refractivity contribution in [1.29, 1.82) is 0 Å². The van der Waals surface area contributed by atoms with Crippen LogP contribution in [0.5, 0.6) is 0 Å². The minimum absolute atomic E-state index is 0.0268. The predicted molar refractivity (Wildman–Crippen MR) is 95.7 cm³/mol. The molecule has 7 nitrogen and oxygen atoms in total. The predicted octanol–water partition coefficient (Wildman–Crippen LogP) is 3.88. The van der Waals surface area contributed by atoms with Gasteiger partial charge in [0.1, 0.15) is 5.84 Å². The summed E-state index contributed by atoms with van der Waals surface area (Å²) in [5.74, 6) is 1.33. The summed E-state index contributed by atoms with van der Waals surface area (Å²) >= 11 is 0. The fourth-order valence-corrected chi connectivity index (χ4v) is 2.06. The van der Waals surface area contributed by atoms with Crippen molar-refractivity contribution < 1.29 is 4.92 Å². The van der Waals surface area contributed by atoms with E-state index in [1.807, 2.05) is 13.0 Å². The zero-order valence-electron chi connectivity index (χ0n) is 14.5. The molecule has 0 radical (unpaired) electrons. The lowest BCUT2D eigenvalue weighted by molar-refractivity contribution is -0.384. The van der Waals surface area contributed by atoms with Crippen LogP contribution in [0.2, 0.25) is 0 Å².